The molecule has 0 saturated carbocycles. The van der Waals surface area contributed by atoms with E-state index in [2.05, 4.69) is 11.4 Å². The summed E-state index contributed by atoms with van der Waals surface area (Å²) in [6, 6.07) is 0. The van der Waals surface area contributed by atoms with Gasteiger partial charge in [0.25, 0.3) is 0 Å². The molecule has 3 heteroatoms. The number of carbonyl (C=O) groups is 1. The molecule has 0 aliphatic carbocycles. The van der Waals surface area contributed by atoms with Crippen molar-refractivity contribution in [1.82, 2.24) is 0 Å². The summed E-state index contributed by atoms with van der Waals surface area (Å²) in [5, 5.41) is 1.36. The van der Waals surface area contributed by atoms with Crippen molar-refractivity contribution in [3.8, 4) is 0 Å². The number of nitrogens with two attached hydrogens (primary N) is 1. The van der Waals surface area contributed by atoms with Crippen molar-refractivity contribution in [1.29, 1.82) is 0 Å². The molecule has 0 heterocycles. The number of allylic oxidation sites excluding steroid dienone is 1. The summed E-state index contributed by atoms with van der Waals surface area (Å²) >= 11 is -0.461. The molecule has 0 spiro atoms. The molecular formula is C9H18AsNO. The molecule has 0 aromatic heterocycles. The first kappa shape index (κ1) is 11.8. The molecule has 0 rings (SSSR count). The zero-order chi connectivity index (χ0) is 9.56. The van der Waals surface area contributed by atoms with Gasteiger partial charge in [0.2, 0.25) is 0 Å². The number of carbonyl (C=O) groups excluding carboxylic acids is 1. The van der Waals surface area contributed by atoms with Crippen LogP contribution in [0, 0.1) is 0 Å². The second kappa shape index (κ2) is 6.30. The molecule has 0 aliphatic heterocycles. The third-order valence-corrected chi connectivity index (χ3v) is 4.19. The van der Waals surface area contributed by atoms with Crippen LogP contribution in [-0.4, -0.2) is 20.6 Å². The predicted octanol–water partition coefficient (Wildman–Crippen LogP) is 1.95. The number of hydrogen-bond donors (Lipinski definition) is 1. The van der Waals surface area contributed by atoms with Crippen LogP contribution in [0.25, 0.3) is 0 Å². The Hall–Kier alpha value is -0.232. The van der Waals surface area contributed by atoms with Gasteiger partial charge in [-0.3, -0.25) is 0 Å². The van der Waals surface area contributed by atoms with Crippen LogP contribution >= 0.6 is 0 Å². The Morgan fingerprint density at radius 3 is 2.50 bits per heavy atom. The van der Waals surface area contributed by atoms with E-state index >= 15 is 0 Å². The van der Waals surface area contributed by atoms with E-state index in [0.717, 1.165) is 6.42 Å². The molecule has 2 N–H and O–H groups in total. The summed E-state index contributed by atoms with van der Waals surface area (Å²) in [4.78, 5) is 10.6. The molecule has 0 unspecified atom stereocenters. The summed E-state index contributed by atoms with van der Waals surface area (Å²) in [5.74, 6) is -0.294. The van der Waals surface area contributed by atoms with Crippen molar-refractivity contribution in [3.63, 3.8) is 0 Å². The van der Waals surface area contributed by atoms with Crippen molar-refractivity contribution in [2.24, 2.45) is 5.73 Å². The van der Waals surface area contributed by atoms with E-state index in [1.807, 2.05) is 6.08 Å². The Balaban J connectivity index is 3.54. The molecule has 0 aliphatic rings. The zero-order valence-corrected chi connectivity index (χ0v) is 10.0. The summed E-state index contributed by atoms with van der Waals surface area (Å²) in [7, 11) is 0. The SMILES string of the molecule is CC(=CCCC[As](C)C)C(N)=O. The Bertz CT molecular complexity index is 175. The second-order valence-corrected chi connectivity index (χ2v) is 8.67. The number of unbranched alkanes of at least 4 members (excludes halogenated alkanes) is 1. The molecule has 70 valence electrons. The second-order valence-electron chi connectivity index (χ2n) is 3.20. The van der Waals surface area contributed by atoms with Crippen LogP contribution in [0.1, 0.15) is 19.8 Å². The number of amides is 1. The third-order valence-electron chi connectivity index (χ3n) is 1.65. The Kier molecular flexibility index (Phi) is 6.18. The minimum absolute atomic E-state index is 0.294. The molecule has 0 bridgehead atoms. The van der Waals surface area contributed by atoms with E-state index in [1.165, 1.54) is 11.6 Å². The number of hydrogen-bond acceptors (Lipinski definition) is 1. The normalized spacial score (nSPS) is 12.2. The molecular weight excluding hydrogens is 213 g/mol. The van der Waals surface area contributed by atoms with Crippen LogP contribution in [0.4, 0.5) is 0 Å². The molecule has 0 atom stereocenters. The van der Waals surface area contributed by atoms with Gasteiger partial charge in [-0.05, 0) is 0 Å². The van der Waals surface area contributed by atoms with Gasteiger partial charge in [-0.15, -0.1) is 0 Å². The predicted molar refractivity (Wildman–Crippen MR) is 54.5 cm³/mol. The molecule has 0 aromatic carbocycles. The maximum atomic E-state index is 10.6. The van der Waals surface area contributed by atoms with Gasteiger partial charge in [0.15, 0.2) is 0 Å². The van der Waals surface area contributed by atoms with E-state index in [1.54, 1.807) is 6.92 Å². The van der Waals surface area contributed by atoms with Crippen LogP contribution in [0.5, 0.6) is 0 Å². The average molecular weight is 231 g/mol. The standard InChI is InChI=1S/C9H18AsNO/c1-8(9(11)12)6-4-5-7-10(2)3/h6H,4-5,7H2,1-3H3,(H2,11,12). The first-order valence-corrected chi connectivity index (χ1v) is 9.23. The van der Waals surface area contributed by atoms with Crippen molar-refractivity contribution >= 4 is 20.6 Å². The summed E-state index contributed by atoms with van der Waals surface area (Å²) < 4.78 is 0. The van der Waals surface area contributed by atoms with Gasteiger partial charge in [-0.1, -0.05) is 0 Å². The molecule has 2 nitrogen and oxygen atoms in total. The van der Waals surface area contributed by atoms with Crippen molar-refractivity contribution in [3.05, 3.63) is 11.6 Å². The van der Waals surface area contributed by atoms with Gasteiger partial charge in [-0.2, -0.15) is 0 Å². The number of rotatable bonds is 5. The molecule has 0 saturated heterocycles. The van der Waals surface area contributed by atoms with Crippen LogP contribution < -0.4 is 5.73 Å². The van der Waals surface area contributed by atoms with Crippen LogP contribution in [0.2, 0.25) is 16.6 Å². The van der Waals surface area contributed by atoms with E-state index in [-0.39, 0.29) is 5.91 Å². The van der Waals surface area contributed by atoms with Gasteiger partial charge in [0.05, 0.1) is 0 Å². The van der Waals surface area contributed by atoms with Crippen LogP contribution in [-0.2, 0) is 4.79 Å². The summed E-state index contributed by atoms with van der Waals surface area (Å²) in [5.41, 5.74) is 10.5. The van der Waals surface area contributed by atoms with Gasteiger partial charge >= 0.3 is 79.1 Å². The fourth-order valence-electron chi connectivity index (χ4n) is 0.827. The van der Waals surface area contributed by atoms with E-state index in [9.17, 15) is 4.79 Å². The van der Waals surface area contributed by atoms with Crippen LogP contribution in [0.15, 0.2) is 11.6 Å². The van der Waals surface area contributed by atoms with E-state index < -0.39 is 14.7 Å². The van der Waals surface area contributed by atoms with Gasteiger partial charge < -0.3 is 0 Å². The number of primary amides is 1. The molecule has 0 fully saturated rings. The third kappa shape index (κ3) is 6.48. The van der Waals surface area contributed by atoms with Crippen molar-refractivity contribution in [2.75, 3.05) is 0 Å². The van der Waals surface area contributed by atoms with Crippen molar-refractivity contribution < 1.29 is 4.79 Å². The molecule has 0 aromatic rings. The summed E-state index contributed by atoms with van der Waals surface area (Å²) in [6.07, 6.45) is 4.15. The molecule has 0 radical (unpaired) electrons. The minimum atomic E-state index is -0.461. The van der Waals surface area contributed by atoms with Crippen molar-refractivity contribution in [2.45, 2.75) is 36.4 Å². The first-order valence-electron chi connectivity index (χ1n) is 4.15. The van der Waals surface area contributed by atoms with E-state index in [4.69, 9.17) is 5.73 Å². The monoisotopic (exact) mass is 231 g/mol. The van der Waals surface area contributed by atoms with Gasteiger partial charge in [-0.25, -0.2) is 0 Å². The Morgan fingerprint density at radius 1 is 1.50 bits per heavy atom. The van der Waals surface area contributed by atoms with Gasteiger partial charge in [0, 0.05) is 0 Å². The molecule has 1 amide bonds. The topological polar surface area (TPSA) is 43.1 Å². The Labute approximate surface area is 79.5 Å². The summed E-state index contributed by atoms with van der Waals surface area (Å²) in [6.45, 7) is 1.77. The van der Waals surface area contributed by atoms with Gasteiger partial charge in [0.1, 0.15) is 0 Å². The first-order chi connectivity index (χ1) is 5.54. The average Bonchev–Trinajstić information content (AvgIpc) is 1.97. The quantitative estimate of drug-likeness (QED) is 0.438. The fourth-order valence-corrected chi connectivity index (χ4v) is 2.54. The zero-order valence-electron chi connectivity index (χ0n) is 8.13. The molecule has 12 heavy (non-hydrogen) atoms. The Morgan fingerprint density at radius 2 is 2.08 bits per heavy atom. The fraction of sp³-hybridized carbons (Fsp3) is 0.667. The van der Waals surface area contributed by atoms with Crippen LogP contribution in [0.3, 0.4) is 0 Å². The van der Waals surface area contributed by atoms with E-state index in [0.29, 0.717) is 5.57 Å². The maximum absolute atomic E-state index is 10.6.